The number of carboxylic acid groups (broad SMARTS) is 1. The first kappa shape index (κ1) is 21.4. The van der Waals surface area contributed by atoms with Crippen LogP contribution >= 0.6 is 11.6 Å². The van der Waals surface area contributed by atoms with Crippen molar-refractivity contribution in [1.82, 2.24) is 31.1 Å². The van der Waals surface area contributed by atoms with Crippen LogP contribution in [0.4, 0.5) is 0 Å². The summed E-state index contributed by atoms with van der Waals surface area (Å²) in [5.74, 6) is -2.30. The third-order valence-corrected chi connectivity index (χ3v) is 4.56. The number of aliphatic hydroxyl groups is 1. The number of carbonyl (C=O) groups excluding carboxylic acids is 1. The average molecular weight is 431 g/mol. The van der Waals surface area contributed by atoms with Gasteiger partial charge >= 0.3 is 11.9 Å². The molecule has 1 aromatic heterocycles. The van der Waals surface area contributed by atoms with Gasteiger partial charge in [-0.25, -0.2) is 9.80 Å². The Labute approximate surface area is 176 Å². The second-order valence-electron chi connectivity index (χ2n) is 6.57. The number of tetrazole rings is 1. The fourth-order valence-electron chi connectivity index (χ4n) is 2.80. The lowest BCUT2D eigenvalue weighted by molar-refractivity contribution is -0.148. The fraction of sp³-hybridized carbons (Fsp3) is 0.211. The molecular formula is C19H19ClN6O4. The van der Waals surface area contributed by atoms with E-state index in [9.17, 15) is 14.7 Å². The minimum Gasteiger partial charge on any atom is -0.479 e. The summed E-state index contributed by atoms with van der Waals surface area (Å²) >= 11 is 6.10. The van der Waals surface area contributed by atoms with Crippen LogP contribution in [0.5, 0.6) is 0 Å². The van der Waals surface area contributed by atoms with E-state index in [4.69, 9.17) is 16.7 Å². The van der Waals surface area contributed by atoms with Gasteiger partial charge in [-0.3, -0.25) is 10.2 Å². The Bertz CT molecular complexity index is 1030. The molecule has 10 nitrogen and oxygen atoms in total. The number of amides is 1. The van der Waals surface area contributed by atoms with Gasteiger partial charge in [0.25, 0.3) is 5.82 Å². The quantitative estimate of drug-likeness (QED) is 0.393. The van der Waals surface area contributed by atoms with E-state index in [-0.39, 0.29) is 18.9 Å². The molecule has 0 saturated carbocycles. The van der Waals surface area contributed by atoms with Crippen LogP contribution in [0.1, 0.15) is 21.7 Å². The number of aryl methyl sites for hydroxylation is 1. The van der Waals surface area contributed by atoms with Crippen molar-refractivity contribution in [3.05, 3.63) is 64.4 Å². The number of nitrogens with one attached hydrogen (secondary N) is 2. The molecule has 156 valence electrons. The Balaban J connectivity index is 1.76. The van der Waals surface area contributed by atoms with Gasteiger partial charge in [-0.2, -0.15) is 5.21 Å². The molecule has 11 heteroatoms. The normalized spacial score (nSPS) is 12.0. The molecule has 1 unspecified atom stereocenters. The highest BCUT2D eigenvalue weighted by Gasteiger charge is 2.22. The Hall–Kier alpha value is -3.34. The van der Waals surface area contributed by atoms with Crippen LogP contribution in [-0.2, 0) is 11.3 Å². The van der Waals surface area contributed by atoms with Crippen molar-refractivity contribution in [3.63, 3.8) is 0 Å². The van der Waals surface area contributed by atoms with Crippen LogP contribution in [0.25, 0.3) is 11.1 Å². The molecule has 0 spiro atoms. The zero-order chi connectivity index (χ0) is 21.7. The molecule has 0 bridgehead atoms. The highest BCUT2D eigenvalue weighted by atomic mass is 35.5. The molecule has 1 atom stereocenters. The number of aromatic amines is 1. The minimum atomic E-state index is -1.69. The van der Waals surface area contributed by atoms with Crippen molar-refractivity contribution in [1.29, 1.82) is 0 Å². The van der Waals surface area contributed by atoms with Gasteiger partial charge in [-0.05, 0) is 46.5 Å². The number of H-pyrrole nitrogens is 1. The average Bonchev–Trinajstić information content (AvgIpc) is 3.25. The summed E-state index contributed by atoms with van der Waals surface area (Å²) < 4.78 is 0. The van der Waals surface area contributed by atoms with Gasteiger partial charge in [0.1, 0.15) is 0 Å². The summed E-state index contributed by atoms with van der Waals surface area (Å²) in [6.45, 7) is 1.79. The third-order valence-electron chi connectivity index (χ3n) is 4.32. The zero-order valence-corrected chi connectivity index (χ0v) is 16.7. The molecule has 30 heavy (non-hydrogen) atoms. The lowest BCUT2D eigenvalue weighted by Crippen LogP contribution is -2.47. The van der Waals surface area contributed by atoms with Gasteiger partial charge in [0.2, 0.25) is 0 Å². The van der Waals surface area contributed by atoms with Crippen LogP contribution in [-0.4, -0.2) is 60.4 Å². The highest BCUT2D eigenvalue weighted by molar-refractivity contribution is 6.30. The smallest absolute Gasteiger partial charge is 0.333 e. The number of rotatable bonds is 8. The Kier molecular flexibility index (Phi) is 6.72. The van der Waals surface area contributed by atoms with Crippen LogP contribution < -0.4 is 5.43 Å². The van der Waals surface area contributed by atoms with Crippen molar-refractivity contribution in [3.8, 4) is 11.1 Å². The molecular weight excluding hydrogens is 412 g/mol. The summed E-state index contributed by atoms with van der Waals surface area (Å²) in [4.78, 5) is 23.2. The monoisotopic (exact) mass is 430 g/mol. The van der Waals surface area contributed by atoms with Gasteiger partial charge in [0, 0.05) is 11.6 Å². The molecule has 3 aromatic rings. The van der Waals surface area contributed by atoms with Crippen molar-refractivity contribution in [2.45, 2.75) is 19.6 Å². The van der Waals surface area contributed by atoms with Crippen LogP contribution in [0, 0.1) is 6.92 Å². The van der Waals surface area contributed by atoms with Crippen molar-refractivity contribution >= 4 is 23.5 Å². The standard InChI is InChI=1S/C19H19ClN6O4/c1-11-2-7-14(20)8-15(11)13-5-3-12(4-6-13)9-26(10-16(27)19(29)30)23-18(28)17-21-24-25-22-17/h2-8,16,27H,9-10H2,1H3,(H,23,28)(H,29,30)(H,21,22,24,25). The molecule has 3 rings (SSSR count). The van der Waals surface area contributed by atoms with E-state index in [1.54, 1.807) is 0 Å². The zero-order valence-electron chi connectivity index (χ0n) is 15.9. The lowest BCUT2D eigenvalue weighted by Gasteiger charge is -2.24. The first-order valence-electron chi connectivity index (χ1n) is 8.89. The molecule has 1 heterocycles. The first-order valence-corrected chi connectivity index (χ1v) is 9.27. The minimum absolute atomic E-state index is 0.142. The van der Waals surface area contributed by atoms with E-state index < -0.39 is 18.0 Å². The van der Waals surface area contributed by atoms with E-state index in [1.165, 1.54) is 5.01 Å². The molecule has 1 amide bonds. The second-order valence-corrected chi connectivity index (χ2v) is 7.00. The van der Waals surface area contributed by atoms with E-state index in [0.717, 1.165) is 22.3 Å². The SMILES string of the molecule is Cc1ccc(Cl)cc1-c1ccc(CN(CC(O)C(=O)O)NC(=O)c2nn[nH]n2)cc1. The van der Waals surface area contributed by atoms with Crippen molar-refractivity contribution in [2.75, 3.05) is 6.54 Å². The maximum atomic E-state index is 12.2. The number of carboxylic acids is 1. The highest BCUT2D eigenvalue weighted by Crippen LogP contribution is 2.27. The number of carbonyl (C=O) groups is 2. The van der Waals surface area contributed by atoms with Gasteiger partial charge in [0.15, 0.2) is 6.10 Å². The van der Waals surface area contributed by atoms with E-state index in [1.807, 2.05) is 49.4 Å². The number of hydrogen-bond acceptors (Lipinski definition) is 7. The molecule has 4 N–H and O–H groups in total. The van der Waals surface area contributed by atoms with Gasteiger partial charge in [0.05, 0.1) is 6.54 Å². The number of hydrogen-bond donors (Lipinski definition) is 4. The van der Waals surface area contributed by atoms with Gasteiger partial charge in [-0.1, -0.05) is 41.9 Å². The van der Waals surface area contributed by atoms with E-state index >= 15 is 0 Å². The van der Waals surface area contributed by atoms with Crippen molar-refractivity contribution < 1.29 is 19.8 Å². The number of aliphatic carboxylic acids is 1. The summed E-state index contributed by atoms with van der Waals surface area (Å²) in [6, 6.07) is 13.1. The topological polar surface area (TPSA) is 144 Å². The summed E-state index contributed by atoms with van der Waals surface area (Å²) in [7, 11) is 0. The number of aliphatic hydroxyl groups excluding tert-OH is 1. The number of hydrazine groups is 1. The number of halogens is 1. The first-order chi connectivity index (χ1) is 14.3. The number of nitrogens with zero attached hydrogens (tertiary/aromatic N) is 4. The summed E-state index contributed by atoms with van der Waals surface area (Å²) in [6.07, 6.45) is -1.69. The van der Waals surface area contributed by atoms with Crippen LogP contribution in [0.3, 0.4) is 0 Å². The largest absolute Gasteiger partial charge is 0.479 e. The van der Waals surface area contributed by atoms with Crippen molar-refractivity contribution in [2.24, 2.45) is 0 Å². The summed E-state index contributed by atoms with van der Waals surface area (Å²) in [5.41, 5.74) is 6.30. The summed E-state index contributed by atoms with van der Waals surface area (Å²) in [5, 5.41) is 33.2. The van der Waals surface area contributed by atoms with Gasteiger partial charge < -0.3 is 10.2 Å². The molecule has 0 aliphatic heterocycles. The Morgan fingerprint density at radius 1 is 1.23 bits per heavy atom. The molecule has 0 saturated heterocycles. The Morgan fingerprint density at radius 2 is 1.97 bits per heavy atom. The predicted octanol–water partition coefficient (Wildman–Crippen LogP) is 1.42. The maximum absolute atomic E-state index is 12.2. The maximum Gasteiger partial charge on any atom is 0.333 e. The van der Waals surface area contributed by atoms with Crippen LogP contribution in [0.2, 0.25) is 5.02 Å². The van der Waals surface area contributed by atoms with E-state index in [2.05, 4.69) is 26.0 Å². The molecule has 0 aliphatic rings. The van der Waals surface area contributed by atoms with E-state index in [0.29, 0.717) is 5.02 Å². The molecule has 2 aromatic carbocycles. The lowest BCUT2D eigenvalue weighted by atomic mass is 9.99. The molecule has 0 radical (unpaired) electrons. The second kappa shape index (κ2) is 9.44. The molecule has 0 fully saturated rings. The predicted molar refractivity (Wildman–Crippen MR) is 107 cm³/mol. The number of benzene rings is 2. The number of aromatic nitrogens is 4. The molecule has 0 aliphatic carbocycles. The van der Waals surface area contributed by atoms with Crippen LogP contribution in [0.15, 0.2) is 42.5 Å². The fourth-order valence-corrected chi connectivity index (χ4v) is 2.98. The van der Waals surface area contributed by atoms with Gasteiger partial charge in [-0.15, -0.1) is 10.2 Å². The third kappa shape index (κ3) is 5.38. The Morgan fingerprint density at radius 3 is 2.60 bits per heavy atom.